The van der Waals surface area contributed by atoms with E-state index in [0.717, 1.165) is 16.8 Å². The maximum Gasteiger partial charge on any atom is 0.337 e. The number of benzene rings is 2. The molecule has 28 heavy (non-hydrogen) atoms. The zero-order chi connectivity index (χ0) is 20.3. The topological polar surface area (TPSA) is 56.8 Å². The lowest BCUT2D eigenvalue weighted by atomic mass is 9.70. The van der Waals surface area contributed by atoms with Gasteiger partial charge < -0.3 is 19.5 Å². The van der Waals surface area contributed by atoms with E-state index < -0.39 is 25.1 Å². The fourth-order valence-corrected chi connectivity index (χ4v) is 3.70. The summed E-state index contributed by atoms with van der Waals surface area (Å²) in [6, 6.07) is 10.1. The minimum Gasteiger partial charge on any atom is -0.465 e. The molecule has 2 aromatic rings. The number of fused-ring (bicyclic) bond motifs is 1. The fourth-order valence-electron chi connectivity index (χ4n) is 3.70. The number of carbonyl (C=O) groups excluding carboxylic acids is 1. The highest BCUT2D eigenvalue weighted by molar-refractivity contribution is 5.91. The van der Waals surface area contributed by atoms with Gasteiger partial charge in [0.15, 0.2) is 11.5 Å². The first-order chi connectivity index (χ1) is 13.5. The molecule has 148 valence electrons. The quantitative estimate of drug-likeness (QED) is 0.563. The van der Waals surface area contributed by atoms with Gasteiger partial charge in [0.1, 0.15) is 0 Å². The van der Waals surface area contributed by atoms with Crippen LogP contribution in [0.3, 0.4) is 0 Å². The van der Waals surface area contributed by atoms with Crippen molar-refractivity contribution in [2.24, 2.45) is 0 Å². The summed E-state index contributed by atoms with van der Waals surface area (Å²) in [6.07, 6.45) is 0. The van der Waals surface area contributed by atoms with Crippen molar-refractivity contribution < 1.29 is 27.8 Å². The molecule has 3 rings (SSSR count). The normalized spacial score (nSPS) is 17.4. The number of nitrogens with one attached hydrogen (secondary N) is 1. The van der Waals surface area contributed by atoms with Gasteiger partial charge in [-0.2, -0.15) is 0 Å². The number of ether oxygens (including phenoxy) is 3. The minimum absolute atomic E-state index is 0.0934. The van der Waals surface area contributed by atoms with Crippen LogP contribution in [-0.2, 0) is 10.2 Å². The molecule has 0 bridgehead atoms. The Morgan fingerprint density at radius 3 is 2.57 bits per heavy atom. The van der Waals surface area contributed by atoms with E-state index in [1.807, 2.05) is 6.92 Å². The van der Waals surface area contributed by atoms with E-state index in [2.05, 4.69) is 11.9 Å². The van der Waals surface area contributed by atoms with Crippen molar-refractivity contribution in [2.45, 2.75) is 12.3 Å². The Morgan fingerprint density at radius 1 is 1.18 bits per heavy atom. The van der Waals surface area contributed by atoms with Crippen LogP contribution in [0.15, 0.2) is 48.6 Å². The van der Waals surface area contributed by atoms with E-state index in [-0.39, 0.29) is 11.5 Å². The molecular weight excluding hydrogens is 368 g/mol. The number of para-hydroxylation sites is 1. The summed E-state index contributed by atoms with van der Waals surface area (Å²) in [5.41, 5.74) is 2.42. The molecule has 2 aromatic carbocycles. The Balaban J connectivity index is 2.27. The Kier molecular flexibility index (Phi) is 5.53. The van der Waals surface area contributed by atoms with Crippen molar-refractivity contribution in [1.82, 2.24) is 0 Å². The van der Waals surface area contributed by atoms with Crippen LogP contribution < -0.4 is 14.8 Å². The molecule has 0 fully saturated rings. The van der Waals surface area contributed by atoms with Crippen molar-refractivity contribution in [3.05, 3.63) is 65.2 Å². The van der Waals surface area contributed by atoms with E-state index in [1.54, 1.807) is 30.3 Å². The predicted octanol–water partition coefficient (Wildman–Crippen LogP) is 4.37. The van der Waals surface area contributed by atoms with Crippen LogP contribution in [-0.4, -0.2) is 33.3 Å². The van der Waals surface area contributed by atoms with E-state index in [1.165, 1.54) is 13.2 Å². The number of methoxy groups -OCH3 is 1. The van der Waals surface area contributed by atoms with E-state index in [0.29, 0.717) is 17.7 Å². The molecule has 1 N–H and O–H groups in total. The van der Waals surface area contributed by atoms with E-state index in [9.17, 15) is 13.6 Å². The fraction of sp³-hybridized carbons (Fsp3) is 0.286. The highest BCUT2D eigenvalue weighted by Gasteiger charge is 2.44. The number of anilines is 1. The molecule has 1 heterocycles. The molecule has 5 nitrogen and oxygen atoms in total. The zero-order valence-electron chi connectivity index (χ0n) is 15.7. The van der Waals surface area contributed by atoms with Gasteiger partial charge in [0.2, 0.25) is 13.7 Å². The monoisotopic (exact) mass is 389 g/mol. The Bertz CT molecular complexity index is 915. The van der Waals surface area contributed by atoms with Gasteiger partial charge in [-0.05, 0) is 36.8 Å². The second-order valence-electron chi connectivity index (χ2n) is 6.43. The minimum atomic E-state index is -1.10. The van der Waals surface area contributed by atoms with Gasteiger partial charge in [0, 0.05) is 17.8 Å². The maximum absolute atomic E-state index is 13.1. The number of carbonyl (C=O) groups is 1. The third-order valence-corrected chi connectivity index (χ3v) is 5.02. The summed E-state index contributed by atoms with van der Waals surface area (Å²) in [6.45, 7) is 4.20. The number of hydrogen-bond acceptors (Lipinski definition) is 5. The molecule has 0 amide bonds. The van der Waals surface area contributed by atoms with Crippen molar-refractivity contribution in [3.63, 3.8) is 0 Å². The van der Waals surface area contributed by atoms with Gasteiger partial charge in [-0.1, -0.05) is 24.3 Å². The molecule has 0 saturated carbocycles. The number of halogens is 2. The number of alkyl halides is 2. The summed E-state index contributed by atoms with van der Waals surface area (Å²) < 4.78 is 41.0. The van der Waals surface area contributed by atoms with Crippen LogP contribution in [0.5, 0.6) is 11.5 Å². The number of hydrogen-bond donors (Lipinski definition) is 1. The van der Waals surface area contributed by atoms with Crippen LogP contribution in [0.4, 0.5) is 14.5 Å². The highest BCUT2D eigenvalue weighted by atomic mass is 19.1. The van der Waals surface area contributed by atoms with Gasteiger partial charge >= 0.3 is 5.97 Å². The first-order valence-electron chi connectivity index (χ1n) is 8.63. The average molecular weight is 389 g/mol. The summed E-state index contributed by atoms with van der Waals surface area (Å²) in [5, 5.41) is 3.30. The van der Waals surface area contributed by atoms with Gasteiger partial charge in [0.05, 0.1) is 18.1 Å². The van der Waals surface area contributed by atoms with Gasteiger partial charge in [-0.25, -0.2) is 13.6 Å². The van der Waals surface area contributed by atoms with Crippen LogP contribution >= 0.6 is 0 Å². The van der Waals surface area contributed by atoms with Gasteiger partial charge in [0.25, 0.3) is 0 Å². The molecule has 0 aliphatic carbocycles. The van der Waals surface area contributed by atoms with Crippen molar-refractivity contribution in [3.8, 4) is 11.5 Å². The smallest absolute Gasteiger partial charge is 0.337 e. The van der Waals surface area contributed by atoms with E-state index >= 15 is 0 Å². The molecule has 1 unspecified atom stereocenters. The lowest BCUT2D eigenvalue weighted by molar-refractivity contribution is 0.0600. The Morgan fingerprint density at radius 2 is 1.93 bits per heavy atom. The predicted molar refractivity (Wildman–Crippen MR) is 102 cm³/mol. The molecule has 0 spiro atoms. The molecule has 0 saturated heterocycles. The molecule has 7 heteroatoms. The second kappa shape index (κ2) is 7.88. The summed E-state index contributed by atoms with van der Waals surface area (Å²) in [5.74, 6) is -0.278. The van der Waals surface area contributed by atoms with Crippen molar-refractivity contribution >= 4 is 11.7 Å². The van der Waals surface area contributed by atoms with Crippen molar-refractivity contribution in [2.75, 3.05) is 32.7 Å². The summed E-state index contributed by atoms with van der Waals surface area (Å²) >= 11 is 0. The molecule has 1 atom stereocenters. The van der Waals surface area contributed by atoms with Crippen molar-refractivity contribution in [1.29, 1.82) is 0 Å². The third-order valence-electron chi connectivity index (χ3n) is 5.02. The molecule has 0 radical (unpaired) electrons. The Labute approximate surface area is 161 Å². The van der Waals surface area contributed by atoms with Crippen LogP contribution in [0.1, 0.15) is 28.4 Å². The average Bonchev–Trinajstić information content (AvgIpc) is 3.08. The van der Waals surface area contributed by atoms with Gasteiger partial charge in [-0.3, -0.25) is 0 Å². The first kappa shape index (κ1) is 19.7. The maximum atomic E-state index is 13.1. The second-order valence-corrected chi connectivity index (χ2v) is 6.43. The zero-order valence-corrected chi connectivity index (χ0v) is 15.7. The summed E-state index contributed by atoms with van der Waals surface area (Å²) in [7, 11) is 1.31. The van der Waals surface area contributed by atoms with Crippen LogP contribution in [0.25, 0.3) is 0 Å². The standard InChI is InChI=1S/C21H21F2NO4/c1-13(2)21(15-5-4-6-18(27-11-22)19(15)28-12-23)10-24-17-8-7-14(9-16(17)21)20(25)26-3/h4-9,24H,1,10-12H2,2-3H3. The number of esters is 1. The highest BCUT2D eigenvalue weighted by Crippen LogP contribution is 2.51. The SMILES string of the molecule is C=C(C)C1(c2cccc(OCF)c2OCF)CNc2ccc(C(=O)OC)cc21. The molecule has 1 aliphatic rings. The third kappa shape index (κ3) is 3.06. The first-order valence-corrected chi connectivity index (χ1v) is 8.63. The largest absolute Gasteiger partial charge is 0.465 e. The number of rotatable bonds is 7. The Hall–Kier alpha value is -3.09. The lowest BCUT2D eigenvalue weighted by Crippen LogP contribution is -2.32. The summed E-state index contributed by atoms with van der Waals surface area (Å²) in [4.78, 5) is 12.0. The lowest BCUT2D eigenvalue weighted by Gasteiger charge is -2.33. The molecule has 0 aromatic heterocycles. The van der Waals surface area contributed by atoms with Crippen LogP contribution in [0, 0.1) is 0 Å². The molecule has 1 aliphatic heterocycles. The van der Waals surface area contributed by atoms with Gasteiger partial charge in [-0.15, -0.1) is 0 Å². The van der Waals surface area contributed by atoms with Crippen LogP contribution in [0.2, 0.25) is 0 Å². The van der Waals surface area contributed by atoms with E-state index in [4.69, 9.17) is 14.2 Å². The molecular formula is C21H21F2NO4.